The fourth-order valence-electron chi connectivity index (χ4n) is 5.11. The SMILES string of the molecule is Cc1cc(=O)oc2cc(NC(=O)C(Cc3ccc(I)cc3)NC(=O)C3NC4CCC3C4)ccc12. The molecule has 0 spiro atoms. The van der Waals surface area contributed by atoms with Gasteiger partial charge in [0.05, 0.1) is 6.04 Å². The van der Waals surface area contributed by atoms with Crippen LogP contribution in [0.15, 0.2) is 57.7 Å². The number of fused-ring (bicyclic) bond motifs is 3. The largest absolute Gasteiger partial charge is 0.423 e. The molecule has 1 saturated heterocycles. The summed E-state index contributed by atoms with van der Waals surface area (Å²) in [5.41, 5.74) is 2.25. The number of nitrogens with one attached hydrogen (secondary N) is 3. The van der Waals surface area contributed by atoms with Crippen molar-refractivity contribution in [2.45, 2.75) is 50.7 Å². The Morgan fingerprint density at radius 3 is 2.65 bits per heavy atom. The van der Waals surface area contributed by atoms with E-state index < -0.39 is 11.7 Å². The molecule has 0 radical (unpaired) electrons. The van der Waals surface area contributed by atoms with E-state index in [1.54, 1.807) is 12.1 Å². The summed E-state index contributed by atoms with van der Waals surface area (Å²) < 4.78 is 6.41. The maximum Gasteiger partial charge on any atom is 0.336 e. The van der Waals surface area contributed by atoms with Gasteiger partial charge in [-0.1, -0.05) is 12.1 Å². The smallest absolute Gasteiger partial charge is 0.336 e. The van der Waals surface area contributed by atoms with E-state index in [0.29, 0.717) is 29.7 Å². The molecule has 1 aliphatic carbocycles. The Bertz CT molecular complexity index is 1300. The Balaban J connectivity index is 1.36. The zero-order chi connectivity index (χ0) is 23.8. The fraction of sp³-hybridized carbons (Fsp3) is 0.346. The number of amides is 2. The minimum absolute atomic E-state index is 0.127. The van der Waals surface area contributed by atoms with E-state index in [9.17, 15) is 14.4 Å². The van der Waals surface area contributed by atoms with Crippen LogP contribution in [-0.4, -0.2) is 29.9 Å². The standard InChI is InChI=1S/C26H26IN3O4/c1-14-10-23(31)34-22-13-19(8-9-20(14)22)29-25(32)21(11-15-2-5-17(27)6-3-15)30-26(33)24-16-4-7-18(12-16)28-24/h2-3,5-6,8-10,13,16,18,21,24,28H,4,7,11-12H2,1H3,(H,29,32)(H,30,33). The van der Waals surface area contributed by atoms with Gasteiger partial charge >= 0.3 is 5.63 Å². The Morgan fingerprint density at radius 2 is 1.94 bits per heavy atom. The number of rotatable bonds is 6. The van der Waals surface area contributed by atoms with Crippen molar-refractivity contribution < 1.29 is 14.0 Å². The predicted molar refractivity (Wildman–Crippen MR) is 139 cm³/mol. The van der Waals surface area contributed by atoms with Crippen LogP contribution in [0.4, 0.5) is 5.69 Å². The molecule has 2 bridgehead atoms. The average molecular weight is 571 g/mol. The Hall–Kier alpha value is -2.72. The van der Waals surface area contributed by atoms with Crippen LogP contribution in [0.2, 0.25) is 0 Å². The van der Waals surface area contributed by atoms with Crippen molar-refractivity contribution in [2.24, 2.45) is 5.92 Å². The van der Waals surface area contributed by atoms with E-state index >= 15 is 0 Å². The lowest BCUT2D eigenvalue weighted by molar-refractivity contribution is -0.128. The third kappa shape index (κ3) is 4.88. The highest BCUT2D eigenvalue weighted by Crippen LogP contribution is 2.35. The van der Waals surface area contributed by atoms with Gasteiger partial charge in [0.25, 0.3) is 0 Å². The second-order valence-electron chi connectivity index (χ2n) is 9.25. The zero-order valence-electron chi connectivity index (χ0n) is 18.8. The molecule has 8 heteroatoms. The van der Waals surface area contributed by atoms with Crippen LogP contribution in [0.1, 0.15) is 30.4 Å². The molecule has 3 N–H and O–H groups in total. The molecule has 1 aliphatic heterocycles. The number of halogens is 1. The van der Waals surface area contributed by atoms with Crippen LogP contribution in [-0.2, 0) is 16.0 Å². The molecule has 1 aromatic heterocycles. The lowest BCUT2D eigenvalue weighted by Gasteiger charge is -2.25. The van der Waals surface area contributed by atoms with Gasteiger partial charge < -0.3 is 20.4 Å². The molecule has 2 aromatic carbocycles. The van der Waals surface area contributed by atoms with Gasteiger partial charge in [-0.15, -0.1) is 0 Å². The Kier molecular flexibility index (Phi) is 6.44. The van der Waals surface area contributed by atoms with Crippen molar-refractivity contribution in [1.82, 2.24) is 10.6 Å². The molecule has 3 aromatic rings. The third-order valence-electron chi connectivity index (χ3n) is 6.85. The summed E-state index contributed by atoms with van der Waals surface area (Å²) in [5.74, 6) is -0.110. The number of aryl methyl sites for hydroxylation is 1. The highest BCUT2D eigenvalue weighted by atomic mass is 127. The summed E-state index contributed by atoms with van der Waals surface area (Å²) in [5, 5.41) is 10.1. The molecule has 2 fully saturated rings. The first-order valence-electron chi connectivity index (χ1n) is 11.5. The van der Waals surface area contributed by atoms with Crippen LogP contribution in [0.25, 0.3) is 11.0 Å². The topological polar surface area (TPSA) is 100 Å². The van der Waals surface area contributed by atoms with Crippen LogP contribution < -0.4 is 21.6 Å². The van der Waals surface area contributed by atoms with Gasteiger partial charge in [0.1, 0.15) is 11.6 Å². The normalized spacial score (nSPS) is 22.0. The van der Waals surface area contributed by atoms with E-state index in [2.05, 4.69) is 38.5 Å². The molecule has 2 heterocycles. The van der Waals surface area contributed by atoms with Gasteiger partial charge in [0.2, 0.25) is 11.8 Å². The van der Waals surface area contributed by atoms with E-state index in [4.69, 9.17) is 4.42 Å². The maximum absolute atomic E-state index is 13.3. The summed E-state index contributed by atoms with van der Waals surface area (Å²) in [6.45, 7) is 1.84. The maximum atomic E-state index is 13.3. The summed E-state index contributed by atoms with van der Waals surface area (Å²) in [6.07, 6.45) is 3.55. The van der Waals surface area contributed by atoms with Crippen molar-refractivity contribution in [3.05, 3.63) is 73.6 Å². The van der Waals surface area contributed by atoms with Gasteiger partial charge in [0, 0.05) is 39.2 Å². The van der Waals surface area contributed by atoms with Gasteiger partial charge in [-0.2, -0.15) is 0 Å². The van der Waals surface area contributed by atoms with Crippen molar-refractivity contribution in [2.75, 3.05) is 5.32 Å². The number of piperidine rings is 1. The Morgan fingerprint density at radius 1 is 1.15 bits per heavy atom. The number of carbonyl (C=O) groups is 2. The highest BCUT2D eigenvalue weighted by Gasteiger charge is 2.43. The number of carbonyl (C=O) groups excluding carboxylic acids is 2. The third-order valence-corrected chi connectivity index (χ3v) is 7.57. The molecule has 4 unspecified atom stereocenters. The number of hydrogen-bond acceptors (Lipinski definition) is 5. The number of anilines is 1. The summed E-state index contributed by atoms with van der Waals surface area (Å²) in [6, 6.07) is 14.0. The van der Waals surface area contributed by atoms with Gasteiger partial charge in [-0.3, -0.25) is 9.59 Å². The number of benzene rings is 2. The van der Waals surface area contributed by atoms with Gasteiger partial charge in [-0.05, 0) is 90.1 Å². The second kappa shape index (κ2) is 9.50. The zero-order valence-corrected chi connectivity index (χ0v) is 20.9. The first-order chi connectivity index (χ1) is 16.4. The van der Waals surface area contributed by atoms with Crippen LogP contribution in [0.5, 0.6) is 0 Å². The summed E-state index contributed by atoms with van der Waals surface area (Å²) in [7, 11) is 0. The molecule has 5 rings (SSSR count). The molecule has 7 nitrogen and oxygen atoms in total. The quantitative estimate of drug-likeness (QED) is 0.311. The van der Waals surface area contributed by atoms with Crippen LogP contribution in [0, 0.1) is 16.4 Å². The lowest BCUT2D eigenvalue weighted by Crippen LogP contribution is -2.53. The van der Waals surface area contributed by atoms with E-state index in [1.165, 1.54) is 6.07 Å². The fourth-order valence-corrected chi connectivity index (χ4v) is 5.47. The minimum atomic E-state index is -0.742. The highest BCUT2D eigenvalue weighted by molar-refractivity contribution is 14.1. The molecule has 34 heavy (non-hydrogen) atoms. The van der Waals surface area contributed by atoms with Crippen LogP contribution in [0.3, 0.4) is 0 Å². The first-order valence-corrected chi connectivity index (χ1v) is 12.6. The molecule has 2 amide bonds. The molecule has 2 aliphatic rings. The van der Waals surface area contributed by atoms with Crippen molar-refractivity contribution in [3.63, 3.8) is 0 Å². The van der Waals surface area contributed by atoms with Gasteiger partial charge in [-0.25, -0.2) is 4.79 Å². The molecule has 176 valence electrons. The van der Waals surface area contributed by atoms with E-state index in [-0.39, 0.29) is 17.9 Å². The van der Waals surface area contributed by atoms with E-state index in [1.807, 2.05) is 37.3 Å². The number of hydrogen-bond donors (Lipinski definition) is 3. The van der Waals surface area contributed by atoms with E-state index in [0.717, 1.165) is 39.3 Å². The molecular weight excluding hydrogens is 545 g/mol. The minimum Gasteiger partial charge on any atom is -0.423 e. The van der Waals surface area contributed by atoms with Crippen LogP contribution >= 0.6 is 22.6 Å². The summed E-state index contributed by atoms with van der Waals surface area (Å²) >= 11 is 2.24. The lowest BCUT2D eigenvalue weighted by atomic mass is 9.98. The molecule has 4 atom stereocenters. The van der Waals surface area contributed by atoms with Crippen molar-refractivity contribution in [1.29, 1.82) is 0 Å². The Labute approximate surface area is 210 Å². The first kappa shape index (κ1) is 23.0. The van der Waals surface area contributed by atoms with Crippen molar-refractivity contribution in [3.8, 4) is 0 Å². The predicted octanol–water partition coefficient (Wildman–Crippen LogP) is 3.51. The monoisotopic (exact) mass is 571 g/mol. The average Bonchev–Trinajstić information content (AvgIpc) is 3.43. The molecule has 1 saturated carbocycles. The van der Waals surface area contributed by atoms with Gasteiger partial charge in [0.15, 0.2) is 0 Å². The van der Waals surface area contributed by atoms with Crippen molar-refractivity contribution >= 4 is 51.1 Å². The summed E-state index contributed by atoms with van der Waals surface area (Å²) in [4.78, 5) is 38.2. The second-order valence-corrected chi connectivity index (χ2v) is 10.5. The molecular formula is C26H26IN3O4.